The standard InChI is InChI=1S/C11H13BrCl2N4S/c1-2-3-18-10(7(12)5-16-18)9(17-15)6-4-8(13)19-11(6)14/h4-5,9,17H,2-3,15H2,1H3. The van der Waals surface area contributed by atoms with Gasteiger partial charge >= 0.3 is 0 Å². The van der Waals surface area contributed by atoms with Crippen LogP contribution in [0.25, 0.3) is 0 Å². The van der Waals surface area contributed by atoms with Gasteiger partial charge in [0, 0.05) is 12.1 Å². The van der Waals surface area contributed by atoms with Gasteiger partial charge in [-0.2, -0.15) is 5.10 Å². The molecule has 3 N–H and O–H groups in total. The van der Waals surface area contributed by atoms with Crippen molar-refractivity contribution in [3.8, 4) is 0 Å². The number of nitrogens with two attached hydrogens (primary N) is 1. The fraction of sp³-hybridized carbons (Fsp3) is 0.364. The van der Waals surface area contributed by atoms with Gasteiger partial charge in [0.2, 0.25) is 0 Å². The van der Waals surface area contributed by atoms with Gasteiger partial charge in [-0.15, -0.1) is 11.3 Å². The number of rotatable bonds is 5. The minimum Gasteiger partial charge on any atom is -0.271 e. The molecule has 0 aromatic carbocycles. The fourth-order valence-corrected chi connectivity index (χ4v) is 3.97. The predicted octanol–water partition coefficient (Wildman–Crippen LogP) is 3.98. The maximum Gasteiger partial charge on any atom is 0.0996 e. The number of hydrogen-bond acceptors (Lipinski definition) is 4. The topological polar surface area (TPSA) is 55.9 Å². The highest BCUT2D eigenvalue weighted by molar-refractivity contribution is 9.10. The quantitative estimate of drug-likeness (QED) is 0.606. The average Bonchev–Trinajstić information content (AvgIpc) is 2.87. The molecule has 0 aliphatic rings. The number of halogens is 3. The first-order valence-electron chi connectivity index (χ1n) is 5.70. The molecule has 0 saturated carbocycles. The molecular weight excluding hydrogens is 371 g/mol. The van der Waals surface area contributed by atoms with Crippen LogP contribution in [-0.4, -0.2) is 9.78 Å². The number of hydrazine groups is 1. The molecule has 0 fully saturated rings. The first-order chi connectivity index (χ1) is 9.08. The van der Waals surface area contributed by atoms with Crippen molar-refractivity contribution in [2.75, 3.05) is 0 Å². The molecule has 0 amide bonds. The van der Waals surface area contributed by atoms with Crippen LogP contribution in [0.4, 0.5) is 0 Å². The highest BCUT2D eigenvalue weighted by atomic mass is 79.9. The zero-order chi connectivity index (χ0) is 14.0. The van der Waals surface area contributed by atoms with Crippen LogP contribution in [0.2, 0.25) is 8.67 Å². The minimum absolute atomic E-state index is 0.250. The van der Waals surface area contributed by atoms with Crippen LogP contribution in [0.15, 0.2) is 16.7 Å². The Morgan fingerprint density at radius 3 is 2.84 bits per heavy atom. The fourth-order valence-electron chi connectivity index (χ4n) is 1.91. The van der Waals surface area contributed by atoms with E-state index >= 15 is 0 Å². The maximum atomic E-state index is 6.21. The minimum atomic E-state index is -0.250. The van der Waals surface area contributed by atoms with Crippen molar-refractivity contribution in [3.63, 3.8) is 0 Å². The van der Waals surface area contributed by atoms with Crippen molar-refractivity contribution in [1.82, 2.24) is 15.2 Å². The van der Waals surface area contributed by atoms with E-state index in [0.29, 0.717) is 8.67 Å². The number of hydrogen-bond donors (Lipinski definition) is 2. The molecule has 2 aromatic heterocycles. The van der Waals surface area contributed by atoms with E-state index in [9.17, 15) is 0 Å². The van der Waals surface area contributed by atoms with Crippen molar-refractivity contribution in [2.24, 2.45) is 5.84 Å². The van der Waals surface area contributed by atoms with Gasteiger partial charge in [0.15, 0.2) is 0 Å². The second-order valence-corrected chi connectivity index (χ2v) is 7.12. The number of aromatic nitrogens is 2. The predicted molar refractivity (Wildman–Crippen MR) is 83.7 cm³/mol. The zero-order valence-electron chi connectivity index (χ0n) is 10.2. The van der Waals surface area contributed by atoms with Gasteiger partial charge in [0.25, 0.3) is 0 Å². The van der Waals surface area contributed by atoms with Crippen molar-refractivity contribution in [2.45, 2.75) is 25.9 Å². The number of nitrogens with zero attached hydrogens (tertiary/aromatic N) is 2. The van der Waals surface area contributed by atoms with Crippen LogP contribution in [0.5, 0.6) is 0 Å². The molecule has 0 saturated heterocycles. The van der Waals surface area contributed by atoms with E-state index in [1.807, 2.05) is 10.7 Å². The molecule has 0 bridgehead atoms. The van der Waals surface area contributed by atoms with E-state index < -0.39 is 0 Å². The molecule has 0 aliphatic heterocycles. The van der Waals surface area contributed by atoms with E-state index in [0.717, 1.165) is 28.7 Å². The number of aryl methyl sites for hydroxylation is 1. The lowest BCUT2D eigenvalue weighted by Crippen LogP contribution is -2.31. The van der Waals surface area contributed by atoms with Gasteiger partial charge in [0.05, 0.1) is 31.1 Å². The van der Waals surface area contributed by atoms with Crippen molar-refractivity contribution < 1.29 is 0 Å². The monoisotopic (exact) mass is 382 g/mol. The lowest BCUT2D eigenvalue weighted by atomic mass is 10.1. The summed E-state index contributed by atoms with van der Waals surface area (Å²) in [7, 11) is 0. The third kappa shape index (κ3) is 3.15. The highest BCUT2D eigenvalue weighted by Gasteiger charge is 2.24. The van der Waals surface area contributed by atoms with Gasteiger partial charge in [-0.3, -0.25) is 10.5 Å². The largest absolute Gasteiger partial charge is 0.271 e. The molecule has 104 valence electrons. The summed E-state index contributed by atoms with van der Waals surface area (Å²) in [5, 5.41) is 4.34. The van der Waals surface area contributed by atoms with Gasteiger partial charge in [-0.1, -0.05) is 30.1 Å². The summed E-state index contributed by atoms with van der Waals surface area (Å²) in [6.45, 7) is 2.91. The third-order valence-corrected chi connectivity index (χ3v) is 4.83. The first kappa shape index (κ1) is 15.3. The Kier molecular flexibility index (Phi) is 5.28. The van der Waals surface area contributed by atoms with Gasteiger partial charge in [0.1, 0.15) is 0 Å². The molecule has 2 rings (SSSR count). The summed E-state index contributed by atoms with van der Waals surface area (Å²) in [5.74, 6) is 5.70. The van der Waals surface area contributed by atoms with E-state index in [4.69, 9.17) is 29.0 Å². The van der Waals surface area contributed by atoms with Crippen molar-refractivity contribution in [3.05, 3.63) is 36.7 Å². The number of thiophene rings is 1. The Morgan fingerprint density at radius 1 is 1.58 bits per heavy atom. The summed E-state index contributed by atoms with van der Waals surface area (Å²) in [6.07, 6.45) is 2.74. The second kappa shape index (κ2) is 6.56. The van der Waals surface area contributed by atoms with Crippen LogP contribution in [0.1, 0.15) is 30.6 Å². The molecule has 8 heteroatoms. The second-order valence-electron chi connectivity index (χ2n) is 3.98. The van der Waals surface area contributed by atoms with Gasteiger partial charge < -0.3 is 0 Å². The Hall–Kier alpha value is -0.110. The van der Waals surface area contributed by atoms with E-state index in [1.165, 1.54) is 11.3 Å². The summed E-state index contributed by atoms with van der Waals surface area (Å²) in [4.78, 5) is 0. The highest BCUT2D eigenvalue weighted by Crippen LogP contribution is 2.38. The SMILES string of the molecule is CCCn1ncc(Br)c1C(NN)c1cc(Cl)sc1Cl. The Bertz CT molecular complexity index is 569. The van der Waals surface area contributed by atoms with Crippen LogP contribution >= 0.6 is 50.5 Å². The van der Waals surface area contributed by atoms with Crippen LogP contribution in [0, 0.1) is 0 Å². The van der Waals surface area contributed by atoms with E-state index in [1.54, 1.807) is 6.20 Å². The van der Waals surface area contributed by atoms with E-state index in [-0.39, 0.29) is 6.04 Å². The van der Waals surface area contributed by atoms with Crippen LogP contribution in [0.3, 0.4) is 0 Å². The molecule has 19 heavy (non-hydrogen) atoms. The number of nitrogens with one attached hydrogen (secondary N) is 1. The summed E-state index contributed by atoms with van der Waals surface area (Å²) >= 11 is 17.0. The van der Waals surface area contributed by atoms with Crippen LogP contribution in [-0.2, 0) is 6.54 Å². The zero-order valence-corrected chi connectivity index (χ0v) is 14.1. The molecule has 1 atom stereocenters. The molecule has 0 spiro atoms. The third-order valence-electron chi connectivity index (χ3n) is 2.70. The lowest BCUT2D eigenvalue weighted by molar-refractivity contribution is 0.520. The molecular formula is C11H13BrCl2N4S. The Balaban J connectivity index is 2.47. The lowest BCUT2D eigenvalue weighted by Gasteiger charge is -2.18. The molecule has 2 aromatic rings. The normalized spacial score (nSPS) is 12.9. The molecule has 0 aliphatic carbocycles. The maximum absolute atomic E-state index is 6.21. The van der Waals surface area contributed by atoms with Gasteiger partial charge in [-0.05, 0) is 28.4 Å². The van der Waals surface area contributed by atoms with Crippen molar-refractivity contribution >= 4 is 50.5 Å². The van der Waals surface area contributed by atoms with Crippen molar-refractivity contribution in [1.29, 1.82) is 0 Å². The van der Waals surface area contributed by atoms with E-state index in [2.05, 4.69) is 33.4 Å². The summed E-state index contributed by atoms with van der Waals surface area (Å²) in [5.41, 5.74) is 4.59. The first-order valence-corrected chi connectivity index (χ1v) is 8.07. The molecule has 0 radical (unpaired) electrons. The van der Waals surface area contributed by atoms with Crippen LogP contribution < -0.4 is 11.3 Å². The summed E-state index contributed by atoms with van der Waals surface area (Å²) in [6, 6.07) is 1.58. The molecule has 1 unspecified atom stereocenters. The Morgan fingerprint density at radius 2 is 2.32 bits per heavy atom. The Labute approximate surface area is 134 Å². The van der Waals surface area contributed by atoms with Gasteiger partial charge in [-0.25, -0.2) is 5.43 Å². The average molecular weight is 384 g/mol. The molecule has 2 heterocycles. The smallest absolute Gasteiger partial charge is 0.0996 e. The molecule has 4 nitrogen and oxygen atoms in total. The summed E-state index contributed by atoms with van der Waals surface area (Å²) < 4.78 is 4.07.